The molecular weight excluding hydrogens is 649 g/mol. The van der Waals surface area contributed by atoms with Gasteiger partial charge >= 0.3 is 0 Å². The molecular formula is C32H45Cl2N7O6. The van der Waals surface area contributed by atoms with Crippen LogP contribution in [0.5, 0.6) is 0 Å². The lowest BCUT2D eigenvalue weighted by Crippen LogP contribution is -2.56. The van der Waals surface area contributed by atoms with Gasteiger partial charge in [-0.05, 0) is 44.2 Å². The number of nitrogens with zero attached hydrogens (tertiary/aromatic N) is 3. The average Bonchev–Trinajstić information content (AvgIpc) is 3.67. The molecule has 0 aliphatic carbocycles. The van der Waals surface area contributed by atoms with Gasteiger partial charge in [-0.25, -0.2) is 4.98 Å². The summed E-state index contributed by atoms with van der Waals surface area (Å²) in [5.74, 6) is -1.23. The zero-order chi connectivity index (χ0) is 31.5. The molecule has 0 saturated carbocycles. The maximum atomic E-state index is 13.1. The summed E-state index contributed by atoms with van der Waals surface area (Å²) < 4.78 is 7.27. The largest absolute Gasteiger partial charge is 0.412 e. The fourth-order valence-electron chi connectivity index (χ4n) is 4.80. The van der Waals surface area contributed by atoms with Crippen molar-refractivity contribution < 1.29 is 29.4 Å². The molecule has 7 N–H and O–H groups in total. The van der Waals surface area contributed by atoms with Crippen LogP contribution in [0.2, 0.25) is 0 Å². The molecule has 2 aromatic carbocycles. The number of nitrogens with one attached hydrogen (secondary N) is 3. The molecule has 47 heavy (non-hydrogen) atoms. The van der Waals surface area contributed by atoms with E-state index in [2.05, 4.69) is 20.9 Å². The van der Waals surface area contributed by atoms with Gasteiger partial charge in [0.15, 0.2) is 5.82 Å². The molecule has 1 saturated heterocycles. The van der Waals surface area contributed by atoms with Crippen LogP contribution in [-0.4, -0.2) is 80.9 Å². The SMILES string of the molecule is CC(C)(N)C(=O)N[C@H](COCc1ccccc1)C(=O)Nc1cn(CC(=O)N2CCC[C@H]2C(=O)NCCc2ccccc2)cn1.Cl.Cl.O. The molecule has 15 heteroatoms. The van der Waals surface area contributed by atoms with Gasteiger partial charge in [0.1, 0.15) is 18.6 Å². The van der Waals surface area contributed by atoms with Crippen LogP contribution >= 0.6 is 24.8 Å². The van der Waals surface area contributed by atoms with Crippen molar-refractivity contribution in [3.05, 3.63) is 84.3 Å². The number of amides is 4. The van der Waals surface area contributed by atoms with Crippen LogP contribution < -0.4 is 21.7 Å². The van der Waals surface area contributed by atoms with Gasteiger partial charge in [-0.3, -0.25) is 19.2 Å². The van der Waals surface area contributed by atoms with E-state index in [0.29, 0.717) is 25.9 Å². The molecule has 3 aromatic rings. The minimum absolute atomic E-state index is 0. The number of nitrogens with two attached hydrogens (primary N) is 1. The summed E-state index contributed by atoms with van der Waals surface area (Å²) in [4.78, 5) is 57.5. The number of carbonyl (C=O) groups is 4. The van der Waals surface area contributed by atoms with Crippen molar-refractivity contribution >= 4 is 54.3 Å². The second-order valence-corrected chi connectivity index (χ2v) is 11.4. The summed E-state index contributed by atoms with van der Waals surface area (Å²) in [6, 6.07) is 17.8. The number of hydrogen-bond donors (Lipinski definition) is 4. The van der Waals surface area contributed by atoms with Crippen LogP contribution in [0.25, 0.3) is 0 Å². The lowest BCUT2D eigenvalue weighted by molar-refractivity contribution is -0.138. The van der Waals surface area contributed by atoms with Gasteiger partial charge in [0.2, 0.25) is 17.7 Å². The van der Waals surface area contributed by atoms with E-state index in [9.17, 15) is 19.2 Å². The zero-order valence-electron chi connectivity index (χ0n) is 26.5. The summed E-state index contributed by atoms with van der Waals surface area (Å²) in [5, 5.41) is 8.28. The Morgan fingerprint density at radius 3 is 2.30 bits per heavy atom. The number of benzene rings is 2. The van der Waals surface area contributed by atoms with E-state index in [1.54, 1.807) is 23.3 Å². The molecule has 1 aliphatic heterocycles. The third-order valence-corrected chi connectivity index (χ3v) is 7.24. The molecule has 13 nitrogen and oxygen atoms in total. The maximum absolute atomic E-state index is 13.1. The van der Waals surface area contributed by atoms with Crippen LogP contribution in [0.4, 0.5) is 5.82 Å². The molecule has 4 rings (SSSR count). The van der Waals surface area contributed by atoms with E-state index in [1.165, 1.54) is 12.5 Å². The highest BCUT2D eigenvalue weighted by atomic mass is 35.5. The van der Waals surface area contributed by atoms with Crippen molar-refractivity contribution in [3.63, 3.8) is 0 Å². The number of imidazole rings is 1. The Balaban J connectivity index is 0.00000368. The van der Waals surface area contributed by atoms with Crippen molar-refractivity contribution in [1.29, 1.82) is 0 Å². The first-order chi connectivity index (χ1) is 21.1. The van der Waals surface area contributed by atoms with Crippen LogP contribution in [-0.2, 0) is 43.5 Å². The van der Waals surface area contributed by atoms with Crippen molar-refractivity contribution in [2.45, 2.75) is 63.9 Å². The zero-order valence-corrected chi connectivity index (χ0v) is 28.1. The quantitative estimate of drug-likeness (QED) is 0.197. The summed E-state index contributed by atoms with van der Waals surface area (Å²) in [6.45, 7) is 4.19. The summed E-state index contributed by atoms with van der Waals surface area (Å²) in [6.07, 6.45) is 5.02. The van der Waals surface area contributed by atoms with E-state index in [0.717, 1.165) is 17.5 Å². The second-order valence-electron chi connectivity index (χ2n) is 11.4. The number of carbonyl (C=O) groups excluding carboxylic acids is 4. The van der Waals surface area contributed by atoms with Gasteiger partial charge < -0.3 is 41.4 Å². The summed E-state index contributed by atoms with van der Waals surface area (Å²) >= 11 is 0. The number of aromatic nitrogens is 2. The highest BCUT2D eigenvalue weighted by Crippen LogP contribution is 2.18. The molecule has 0 bridgehead atoms. The van der Waals surface area contributed by atoms with Crippen LogP contribution in [0.15, 0.2) is 73.2 Å². The normalized spacial score (nSPS) is 14.4. The number of likely N-dealkylation sites (tertiary alicyclic amines) is 1. The first-order valence-electron chi connectivity index (χ1n) is 14.8. The number of hydrogen-bond acceptors (Lipinski definition) is 7. The highest BCUT2D eigenvalue weighted by molar-refractivity contribution is 5.98. The van der Waals surface area contributed by atoms with Gasteiger partial charge in [-0.2, -0.15) is 0 Å². The maximum Gasteiger partial charge on any atom is 0.250 e. The van der Waals surface area contributed by atoms with E-state index in [1.807, 2.05) is 60.7 Å². The fraction of sp³-hybridized carbons (Fsp3) is 0.406. The Morgan fingerprint density at radius 2 is 1.66 bits per heavy atom. The Labute approximate surface area is 287 Å². The van der Waals surface area contributed by atoms with Crippen LogP contribution in [0.3, 0.4) is 0 Å². The molecule has 1 aliphatic rings. The van der Waals surface area contributed by atoms with Gasteiger partial charge in [-0.1, -0.05) is 60.7 Å². The van der Waals surface area contributed by atoms with Crippen molar-refractivity contribution in [2.24, 2.45) is 5.73 Å². The molecule has 258 valence electrons. The first kappa shape index (κ1) is 41.0. The monoisotopic (exact) mass is 693 g/mol. The lowest BCUT2D eigenvalue weighted by Gasteiger charge is -2.24. The van der Waals surface area contributed by atoms with Crippen LogP contribution in [0, 0.1) is 0 Å². The minimum Gasteiger partial charge on any atom is -0.412 e. The molecule has 1 aromatic heterocycles. The van der Waals surface area contributed by atoms with E-state index in [4.69, 9.17) is 10.5 Å². The number of rotatable bonds is 14. The Bertz CT molecular complexity index is 1420. The predicted octanol–water partition coefficient (Wildman–Crippen LogP) is 1.63. The van der Waals surface area contributed by atoms with Crippen LogP contribution in [0.1, 0.15) is 37.8 Å². The third-order valence-electron chi connectivity index (χ3n) is 7.24. The molecule has 2 atom stereocenters. The molecule has 0 radical (unpaired) electrons. The standard InChI is InChI=1S/C32H41N7O5.2ClH.H2O/c1-32(2,33)31(43)36-25(21-44-20-24-12-7-4-8-13-24)29(41)37-27-18-38(22-35-27)19-28(40)39-17-9-14-26(39)30(42)34-16-15-23-10-5-3-6-11-23;;;/h3-8,10-13,18,22,25-26H,9,14-17,19-21,33H2,1-2H3,(H,34,42)(H,36,43)(H,37,41);2*1H;1H2/t25-,26+;;;/m1.../s1. The van der Waals surface area contributed by atoms with E-state index in [-0.39, 0.29) is 67.7 Å². The van der Waals surface area contributed by atoms with Crippen molar-refractivity contribution in [3.8, 4) is 0 Å². The second kappa shape index (κ2) is 19.6. The van der Waals surface area contributed by atoms with Crippen molar-refractivity contribution in [2.75, 3.05) is 25.0 Å². The Morgan fingerprint density at radius 1 is 1.02 bits per heavy atom. The average molecular weight is 695 g/mol. The molecule has 4 amide bonds. The Hall–Kier alpha value is -4.01. The van der Waals surface area contributed by atoms with Crippen molar-refractivity contribution in [1.82, 2.24) is 25.1 Å². The van der Waals surface area contributed by atoms with Gasteiger partial charge in [0.05, 0.1) is 25.1 Å². The summed E-state index contributed by atoms with van der Waals surface area (Å²) in [7, 11) is 0. The lowest BCUT2D eigenvalue weighted by atomic mass is 10.1. The molecule has 2 heterocycles. The third kappa shape index (κ3) is 12.6. The van der Waals surface area contributed by atoms with Gasteiger partial charge in [-0.15, -0.1) is 24.8 Å². The number of ether oxygens (including phenoxy) is 1. The van der Waals surface area contributed by atoms with E-state index < -0.39 is 29.4 Å². The molecule has 0 spiro atoms. The fourth-order valence-corrected chi connectivity index (χ4v) is 4.80. The topological polar surface area (TPSA) is 192 Å². The number of halogens is 2. The summed E-state index contributed by atoms with van der Waals surface area (Å²) in [5.41, 5.74) is 6.77. The molecule has 1 fully saturated rings. The minimum atomic E-state index is -1.20. The highest BCUT2D eigenvalue weighted by Gasteiger charge is 2.34. The van der Waals surface area contributed by atoms with Gasteiger partial charge in [0, 0.05) is 19.3 Å². The smallest absolute Gasteiger partial charge is 0.250 e. The van der Waals surface area contributed by atoms with Gasteiger partial charge in [0.25, 0.3) is 5.91 Å². The molecule has 0 unspecified atom stereocenters. The Kier molecular flexibility index (Phi) is 17.1. The number of anilines is 1. The predicted molar refractivity (Wildman–Crippen MR) is 183 cm³/mol. The first-order valence-corrected chi connectivity index (χ1v) is 14.8. The van der Waals surface area contributed by atoms with E-state index >= 15 is 0 Å².